The minimum atomic E-state index is -0.434. The lowest BCUT2D eigenvalue weighted by Gasteiger charge is -2.17. The maximum Gasteiger partial charge on any atom is 0.107 e. The third-order valence-corrected chi connectivity index (χ3v) is 1.54. The SMILES string of the molecule is CN(O)C(N)c1ccccc1. The number of nitrogens with zero attached hydrogens (tertiary/aromatic N) is 1. The van der Waals surface area contributed by atoms with Crippen molar-refractivity contribution in [1.29, 1.82) is 0 Å². The van der Waals surface area contributed by atoms with Crippen LogP contribution in [-0.2, 0) is 0 Å². The second kappa shape index (κ2) is 3.48. The average molecular weight is 152 g/mol. The van der Waals surface area contributed by atoms with E-state index in [-0.39, 0.29) is 0 Å². The van der Waals surface area contributed by atoms with Crippen LogP contribution in [-0.4, -0.2) is 17.3 Å². The molecule has 11 heavy (non-hydrogen) atoms. The van der Waals surface area contributed by atoms with Crippen molar-refractivity contribution in [1.82, 2.24) is 5.06 Å². The van der Waals surface area contributed by atoms with E-state index in [1.807, 2.05) is 30.3 Å². The van der Waals surface area contributed by atoms with Gasteiger partial charge in [0.15, 0.2) is 0 Å². The van der Waals surface area contributed by atoms with Crippen LogP contribution in [0.2, 0.25) is 0 Å². The van der Waals surface area contributed by atoms with Gasteiger partial charge in [-0.15, -0.1) is 0 Å². The van der Waals surface area contributed by atoms with Crippen molar-refractivity contribution in [2.75, 3.05) is 7.05 Å². The van der Waals surface area contributed by atoms with Crippen LogP contribution < -0.4 is 5.73 Å². The number of hydrogen-bond acceptors (Lipinski definition) is 3. The van der Waals surface area contributed by atoms with Crippen LogP contribution in [0.3, 0.4) is 0 Å². The smallest absolute Gasteiger partial charge is 0.107 e. The molecule has 0 spiro atoms. The molecule has 3 nitrogen and oxygen atoms in total. The van der Waals surface area contributed by atoms with Gasteiger partial charge in [0, 0.05) is 7.05 Å². The fourth-order valence-corrected chi connectivity index (χ4v) is 0.866. The predicted molar refractivity (Wildman–Crippen MR) is 42.9 cm³/mol. The Morgan fingerprint density at radius 3 is 2.36 bits per heavy atom. The van der Waals surface area contributed by atoms with Gasteiger partial charge in [-0.2, -0.15) is 5.06 Å². The molecule has 1 aromatic rings. The zero-order valence-corrected chi connectivity index (χ0v) is 6.44. The number of nitrogens with two attached hydrogens (primary N) is 1. The Hall–Kier alpha value is -0.900. The maximum absolute atomic E-state index is 8.98. The molecule has 0 saturated heterocycles. The topological polar surface area (TPSA) is 49.5 Å². The number of hydroxylamine groups is 2. The molecule has 0 aliphatic heterocycles. The fraction of sp³-hybridized carbons (Fsp3) is 0.250. The van der Waals surface area contributed by atoms with Crippen molar-refractivity contribution < 1.29 is 5.21 Å². The second-order valence-electron chi connectivity index (χ2n) is 2.43. The van der Waals surface area contributed by atoms with Gasteiger partial charge in [-0.3, -0.25) is 0 Å². The van der Waals surface area contributed by atoms with Gasteiger partial charge in [0.25, 0.3) is 0 Å². The van der Waals surface area contributed by atoms with Gasteiger partial charge in [0.1, 0.15) is 6.17 Å². The van der Waals surface area contributed by atoms with E-state index in [1.54, 1.807) is 0 Å². The molecule has 1 rings (SSSR count). The predicted octanol–water partition coefficient (Wildman–Crippen LogP) is 0.965. The number of hydrogen-bond donors (Lipinski definition) is 2. The molecule has 0 radical (unpaired) electrons. The summed E-state index contributed by atoms with van der Waals surface area (Å²) in [4.78, 5) is 0. The zero-order chi connectivity index (χ0) is 8.27. The minimum Gasteiger partial charge on any atom is -0.312 e. The first-order valence-corrected chi connectivity index (χ1v) is 3.44. The molecular formula is C8H12N2O. The third-order valence-electron chi connectivity index (χ3n) is 1.54. The van der Waals surface area contributed by atoms with Crippen LogP contribution in [0.5, 0.6) is 0 Å². The van der Waals surface area contributed by atoms with Crippen LogP contribution in [0.15, 0.2) is 30.3 Å². The lowest BCUT2D eigenvalue weighted by atomic mass is 10.2. The lowest BCUT2D eigenvalue weighted by molar-refractivity contribution is -0.102. The molecule has 0 amide bonds. The van der Waals surface area contributed by atoms with E-state index in [4.69, 9.17) is 10.9 Å². The van der Waals surface area contributed by atoms with Gasteiger partial charge in [0.2, 0.25) is 0 Å². The Morgan fingerprint density at radius 1 is 1.36 bits per heavy atom. The largest absolute Gasteiger partial charge is 0.312 e. The van der Waals surface area contributed by atoms with Crippen molar-refractivity contribution in [3.05, 3.63) is 35.9 Å². The second-order valence-corrected chi connectivity index (χ2v) is 2.43. The molecule has 1 atom stereocenters. The standard InChI is InChI=1S/C8H12N2O/c1-10(11)8(9)7-5-3-2-4-6-7/h2-6,8,11H,9H2,1H3. The average Bonchev–Trinajstić information content (AvgIpc) is 2.05. The summed E-state index contributed by atoms with van der Waals surface area (Å²) in [7, 11) is 1.53. The zero-order valence-electron chi connectivity index (χ0n) is 6.44. The monoisotopic (exact) mass is 152 g/mol. The van der Waals surface area contributed by atoms with Crippen molar-refractivity contribution in [2.24, 2.45) is 5.73 Å². The molecule has 0 aromatic heterocycles. The summed E-state index contributed by atoms with van der Waals surface area (Å²) in [5.74, 6) is 0. The molecule has 0 bridgehead atoms. The highest BCUT2D eigenvalue weighted by molar-refractivity contribution is 5.17. The van der Waals surface area contributed by atoms with E-state index in [0.29, 0.717) is 0 Å². The highest BCUT2D eigenvalue weighted by Gasteiger charge is 2.07. The molecule has 60 valence electrons. The van der Waals surface area contributed by atoms with Crippen LogP contribution in [0.4, 0.5) is 0 Å². The van der Waals surface area contributed by atoms with Gasteiger partial charge in [-0.25, -0.2) is 0 Å². The number of rotatable bonds is 2. The highest BCUT2D eigenvalue weighted by Crippen LogP contribution is 2.09. The molecule has 1 aromatic carbocycles. The molecule has 1 unspecified atom stereocenters. The summed E-state index contributed by atoms with van der Waals surface area (Å²) in [6, 6.07) is 9.43. The van der Waals surface area contributed by atoms with E-state index in [1.165, 1.54) is 7.05 Å². The van der Waals surface area contributed by atoms with Crippen LogP contribution in [0, 0.1) is 0 Å². The summed E-state index contributed by atoms with van der Waals surface area (Å²) in [6.07, 6.45) is -0.434. The van der Waals surface area contributed by atoms with Gasteiger partial charge < -0.3 is 10.9 Å². The Kier molecular flexibility index (Phi) is 2.59. The van der Waals surface area contributed by atoms with Crippen molar-refractivity contribution in [3.63, 3.8) is 0 Å². The van der Waals surface area contributed by atoms with E-state index in [9.17, 15) is 0 Å². The van der Waals surface area contributed by atoms with E-state index >= 15 is 0 Å². The van der Waals surface area contributed by atoms with E-state index in [0.717, 1.165) is 10.6 Å². The molecule has 0 heterocycles. The summed E-state index contributed by atoms with van der Waals surface area (Å²) in [5, 5.41) is 9.96. The Morgan fingerprint density at radius 2 is 1.91 bits per heavy atom. The fourth-order valence-electron chi connectivity index (χ4n) is 0.866. The van der Waals surface area contributed by atoms with Gasteiger partial charge in [0.05, 0.1) is 0 Å². The van der Waals surface area contributed by atoms with Crippen molar-refractivity contribution >= 4 is 0 Å². The van der Waals surface area contributed by atoms with Crippen molar-refractivity contribution in [2.45, 2.75) is 6.17 Å². The first kappa shape index (κ1) is 8.20. The molecule has 0 aliphatic carbocycles. The first-order chi connectivity index (χ1) is 5.22. The Bertz CT molecular complexity index is 211. The molecule has 0 fully saturated rings. The summed E-state index contributed by atoms with van der Waals surface area (Å²) in [6.45, 7) is 0. The van der Waals surface area contributed by atoms with Gasteiger partial charge >= 0.3 is 0 Å². The minimum absolute atomic E-state index is 0.434. The molecular weight excluding hydrogens is 140 g/mol. The molecule has 0 saturated carbocycles. The highest BCUT2D eigenvalue weighted by atomic mass is 16.5. The van der Waals surface area contributed by atoms with Gasteiger partial charge in [-0.1, -0.05) is 30.3 Å². The first-order valence-electron chi connectivity index (χ1n) is 3.44. The summed E-state index contributed by atoms with van der Waals surface area (Å²) >= 11 is 0. The van der Waals surface area contributed by atoms with Gasteiger partial charge in [-0.05, 0) is 5.56 Å². The summed E-state index contributed by atoms with van der Waals surface area (Å²) < 4.78 is 0. The quantitative estimate of drug-likeness (QED) is 0.490. The van der Waals surface area contributed by atoms with Crippen molar-refractivity contribution in [3.8, 4) is 0 Å². The van der Waals surface area contributed by atoms with Crippen LogP contribution >= 0.6 is 0 Å². The molecule has 3 heteroatoms. The normalized spacial score (nSPS) is 13.5. The lowest BCUT2D eigenvalue weighted by Crippen LogP contribution is -2.27. The molecule has 3 N–H and O–H groups in total. The Balaban J connectivity index is 2.77. The third kappa shape index (κ3) is 2.01. The Labute approximate surface area is 66.0 Å². The number of benzene rings is 1. The molecule has 0 aliphatic rings. The van der Waals surface area contributed by atoms with E-state index < -0.39 is 6.17 Å². The van der Waals surface area contributed by atoms with Crippen LogP contribution in [0.25, 0.3) is 0 Å². The maximum atomic E-state index is 8.98. The van der Waals surface area contributed by atoms with Crippen LogP contribution in [0.1, 0.15) is 11.7 Å². The van der Waals surface area contributed by atoms with E-state index in [2.05, 4.69) is 0 Å². The summed E-state index contributed by atoms with van der Waals surface area (Å²) in [5.41, 5.74) is 6.51.